The number of hydrogen-bond donors (Lipinski definition) is 3. The highest BCUT2D eigenvalue weighted by Gasteiger charge is 2.21. The van der Waals surface area contributed by atoms with Crippen LogP contribution < -0.4 is 10.6 Å². The summed E-state index contributed by atoms with van der Waals surface area (Å²) in [6.07, 6.45) is 0.906. The van der Waals surface area contributed by atoms with E-state index in [2.05, 4.69) is 37.1 Å². The molecule has 6 heteroatoms. The third kappa shape index (κ3) is 8.88. The third-order valence-corrected chi connectivity index (χ3v) is 2.93. The van der Waals surface area contributed by atoms with Crippen molar-refractivity contribution < 1.29 is 9.59 Å². The first-order chi connectivity index (χ1) is 8.76. The Morgan fingerprint density at radius 1 is 1.21 bits per heavy atom. The lowest BCUT2D eigenvalue weighted by atomic mass is 10.0. The number of hydrogen-bond acceptors (Lipinski definition) is 4. The van der Waals surface area contributed by atoms with Crippen molar-refractivity contribution in [2.24, 2.45) is 5.92 Å². The lowest BCUT2D eigenvalue weighted by Gasteiger charge is -2.26. The van der Waals surface area contributed by atoms with Gasteiger partial charge in [0.25, 0.3) is 0 Å². The van der Waals surface area contributed by atoms with E-state index in [1.165, 1.54) is 6.92 Å². The average molecular weight is 289 g/mol. The van der Waals surface area contributed by atoms with Crippen LogP contribution >= 0.6 is 12.6 Å². The fourth-order valence-corrected chi connectivity index (χ4v) is 2.19. The first kappa shape index (κ1) is 18.2. The van der Waals surface area contributed by atoms with E-state index in [9.17, 15) is 9.59 Å². The van der Waals surface area contributed by atoms with E-state index >= 15 is 0 Å². The van der Waals surface area contributed by atoms with Gasteiger partial charge in [0.2, 0.25) is 11.8 Å². The maximum atomic E-state index is 12.1. The van der Waals surface area contributed by atoms with E-state index in [4.69, 9.17) is 0 Å². The second-order valence-corrected chi connectivity index (χ2v) is 5.90. The molecule has 0 saturated carbocycles. The van der Waals surface area contributed by atoms with Crippen molar-refractivity contribution in [3.8, 4) is 0 Å². The standard InChI is InChI=1S/C13H27N3O2S/c1-9(2)6-11(7-16(4)5)15-13(18)12(8-19)14-10(3)17/h9,11-12,19H,6-8H2,1-5H3,(H,14,17)(H,15,18). The van der Waals surface area contributed by atoms with E-state index < -0.39 is 6.04 Å². The molecule has 0 bridgehead atoms. The minimum atomic E-state index is -0.572. The number of nitrogens with zero attached hydrogens (tertiary/aromatic N) is 1. The fraction of sp³-hybridized carbons (Fsp3) is 0.846. The molecule has 5 nitrogen and oxygen atoms in total. The van der Waals surface area contributed by atoms with Gasteiger partial charge in [-0.25, -0.2) is 0 Å². The van der Waals surface area contributed by atoms with Gasteiger partial charge in [0.05, 0.1) is 0 Å². The van der Waals surface area contributed by atoms with Gasteiger partial charge in [-0.05, 0) is 26.4 Å². The molecule has 19 heavy (non-hydrogen) atoms. The zero-order valence-electron chi connectivity index (χ0n) is 12.6. The topological polar surface area (TPSA) is 61.4 Å². The van der Waals surface area contributed by atoms with Gasteiger partial charge >= 0.3 is 0 Å². The summed E-state index contributed by atoms with van der Waals surface area (Å²) in [6.45, 7) is 6.43. The van der Waals surface area contributed by atoms with Crippen molar-refractivity contribution in [3.63, 3.8) is 0 Å². The first-order valence-corrected chi connectivity index (χ1v) is 7.22. The van der Waals surface area contributed by atoms with Crippen molar-refractivity contribution >= 4 is 24.4 Å². The van der Waals surface area contributed by atoms with Crippen LogP contribution in [0.2, 0.25) is 0 Å². The van der Waals surface area contributed by atoms with Crippen molar-refractivity contribution in [2.45, 2.75) is 39.3 Å². The summed E-state index contributed by atoms with van der Waals surface area (Å²) in [6, 6.07) is -0.490. The Bertz CT molecular complexity index is 286. The number of likely N-dealkylation sites (N-methyl/N-ethyl adjacent to an activating group) is 1. The molecule has 2 amide bonds. The summed E-state index contributed by atoms with van der Waals surface area (Å²) in [4.78, 5) is 25.2. The largest absolute Gasteiger partial charge is 0.350 e. The van der Waals surface area contributed by atoms with Crippen LogP contribution in [0, 0.1) is 5.92 Å². The molecule has 0 fully saturated rings. The monoisotopic (exact) mass is 289 g/mol. The molecule has 2 unspecified atom stereocenters. The van der Waals surface area contributed by atoms with Gasteiger partial charge in [-0.2, -0.15) is 12.6 Å². The Morgan fingerprint density at radius 3 is 2.16 bits per heavy atom. The number of carbonyl (C=O) groups is 2. The first-order valence-electron chi connectivity index (χ1n) is 6.59. The SMILES string of the molecule is CC(=O)NC(CS)C(=O)NC(CC(C)C)CN(C)C. The Labute approximate surface area is 121 Å². The zero-order valence-corrected chi connectivity index (χ0v) is 13.5. The molecule has 0 aromatic rings. The Kier molecular flexibility index (Phi) is 8.84. The molecule has 0 heterocycles. The minimum absolute atomic E-state index is 0.0821. The van der Waals surface area contributed by atoms with Gasteiger partial charge < -0.3 is 15.5 Å². The number of thiol groups is 1. The normalized spacial score (nSPS) is 14.3. The Morgan fingerprint density at radius 2 is 1.79 bits per heavy atom. The number of rotatable bonds is 8. The summed E-state index contributed by atoms with van der Waals surface area (Å²) >= 11 is 4.11. The summed E-state index contributed by atoms with van der Waals surface area (Å²) in [5, 5.41) is 5.59. The van der Waals surface area contributed by atoms with Crippen molar-refractivity contribution in [3.05, 3.63) is 0 Å². The number of nitrogens with one attached hydrogen (secondary N) is 2. The van der Waals surface area contributed by atoms with Gasteiger partial charge in [-0.3, -0.25) is 9.59 Å². The third-order valence-electron chi connectivity index (χ3n) is 2.56. The molecule has 0 aliphatic heterocycles. The molecule has 0 aliphatic carbocycles. The van der Waals surface area contributed by atoms with E-state index in [0.717, 1.165) is 13.0 Å². The van der Waals surface area contributed by atoms with Gasteiger partial charge in [0.15, 0.2) is 0 Å². The molecule has 112 valence electrons. The average Bonchev–Trinajstić information content (AvgIpc) is 2.23. The molecule has 2 N–H and O–H groups in total. The molecule has 0 aromatic carbocycles. The van der Waals surface area contributed by atoms with Crippen LogP contribution in [0.3, 0.4) is 0 Å². The van der Waals surface area contributed by atoms with E-state index in [0.29, 0.717) is 11.7 Å². The van der Waals surface area contributed by atoms with E-state index in [1.807, 2.05) is 19.0 Å². The van der Waals surface area contributed by atoms with Crippen LogP contribution in [0.15, 0.2) is 0 Å². The van der Waals surface area contributed by atoms with Gasteiger partial charge in [0, 0.05) is 25.3 Å². The molecular formula is C13H27N3O2S. The molecule has 0 rings (SSSR count). The predicted molar refractivity (Wildman–Crippen MR) is 81.4 cm³/mol. The maximum absolute atomic E-state index is 12.1. The van der Waals surface area contributed by atoms with Crippen molar-refractivity contribution in [2.75, 3.05) is 26.4 Å². The summed E-state index contributed by atoms with van der Waals surface area (Å²) in [5.41, 5.74) is 0. The quantitative estimate of drug-likeness (QED) is 0.571. The van der Waals surface area contributed by atoms with Crippen LogP contribution in [0.1, 0.15) is 27.2 Å². The van der Waals surface area contributed by atoms with Crippen molar-refractivity contribution in [1.82, 2.24) is 15.5 Å². The number of amides is 2. The van der Waals surface area contributed by atoms with Gasteiger partial charge in [0.1, 0.15) is 6.04 Å². The van der Waals surface area contributed by atoms with Crippen LogP contribution in [-0.4, -0.2) is 55.2 Å². The second kappa shape index (κ2) is 9.20. The minimum Gasteiger partial charge on any atom is -0.350 e. The van der Waals surface area contributed by atoms with Gasteiger partial charge in [-0.1, -0.05) is 13.8 Å². The Balaban J connectivity index is 4.53. The molecule has 0 aliphatic rings. The summed E-state index contributed by atoms with van der Waals surface area (Å²) in [5.74, 6) is 0.405. The molecule has 0 spiro atoms. The van der Waals surface area contributed by atoms with Crippen LogP contribution in [0.25, 0.3) is 0 Å². The van der Waals surface area contributed by atoms with Crippen LogP contribution in [0.5, 0.6) is 0 Å². The van der Waals surface area contributed by atoms with Crippen LogP contribution in [0.4, 0.5) is 0 Å². The number of carbonyl (C=O) groups excluding carboxylic acids is 2. The molecule has 0 radical (unpaired) electrons. The second-order valence-electron chi connectivity index (χ2n) is 5.53. The lowest BCUT2D eigenvalue weighted by Crippen LogP contribution is -2.52. The summed E-state index contributed by atoms with van der Waals surface area (Å²) < 4.78 is 0. The summed E-state index contributed by atoms with van der Waals surface area (Å²) in [7, 11) is 3.95. The highest BCUT2D eigenvalue weighted by Crippen LogP contribution is 2.06. The van der Waals surface area contributed by atoms with E-state index in [-0.39, 0.29) is 17.9 Å². The molecule has 2 atom stereocenters. The zero-order chi connectivity index (χ0) is 15.0. The van der Waals surface area contributed by atoms with Crippen LogP contribution in [-0.2, 0) is 9.59 Å². The molecule has 0 saturated heterocycles. The smallest absolute Gasteiger partial charge is 0.243 e. The Hall–Kier alpha value is -0.750. The highest BCUT2D eigenvalue weighted by molar-refractivity contribution is 7.80. The van der Waals surface area contributed by atoms with Gasteiger partial charge in [-0.15, -0.1) is 0 Å². The lowest BCUT2D eigenvalue weighted by molar-refractivity contribution is -0.128. The molecular weight excluding hydrogens is 262 g/mol. The fourth-order valence-electron chi connectivity index (χ4n) is 1.93. The predicted octanol–water partition coefficient (Wildman–Crippen LogP) is 0.513. The van der Waals surface area contributed by atoms with E-state index in [1.54, 1.807) is 0 Å². The highest BCUT2D eigenvalue weighted by atomic mass is 32.1. The maximum Gasteiger partial charge on any atom is 0.243 e. The van der Waals surface area contributed by atoms with Crippen molar-refractivity contribution in [1.29, 1.82) is 0 Å². The molecule has 0 aromatic heterocycles.